The molecule has 0 aliphatic rings. The highest BCUT2D eigenvalue weighted by molar-refractivity contribution is 4.52. The lowest BCUT2D eigenvalue weighted by molar-refractivity contribution is 0.0264. The van der Waals surface area contributed by atoms with Crippen molar-refractivity contribution in [2.24, 2.45) is 0 Å². The molecule has 1 unspecified atom stereocenters. The SMILES string of the molecule is CCCCC(O)COCCCO. The fourth-order valence-electron chi connectivity index (χ4n) is 0.909. The van der Waals surface area contributed by atoms with Gasteiger partial charge in [0.2, 0.25) is 0 Å². The largest absolute Gasteiger partial charge is 0.396 e. The van der Waals surface area contributed by atoms with E-state index in [-0.39, 0.29) is 12.7 Å². The van der Waals surface area contributed by atoms with E-state index in [0.29, 0.717) is 19.6 Å². The maximum Gasteiger partial charge on any atom is 0.0773 e. The van der Waals surface area contributed by atoms with Crippen LogP contribution in [0.2, 0.25) is 0 Å². The van der Waals surface area contributed by atoms with Crippen molar-refractivity contribution in [3.8, 4) is 0 Å². The highest BCUT2D eigenvalue weighted by atomic mass is 16.5. The van der Waals surface area contributed by atoms with Crippen LogP contribution in [0.1, 0.15) is 32.6 Å². The number of hydrogen-bond donors (Lipinski definition) is 2. The predicted octanol–water partition coefficient (Wildman–Crippen LogP) is 0.936. The van der Waals surface area contributed by atoms with Gasteiger partial charge in [-0.25, -0.2) is 0 Å². The quantitative estimate of drug-likeness (QED) is 0.541. The Morgan fingerprint density at radius 3 is 2.67 bits per heavy atom. The monoisotopic (exact) mass is 176 g/mol. The van der Waals surface area contributed by atoms with E-state index in [4.69, 9.17) is 9.84 Å². The van der Waals surface area contributed by atoms with Crippen molar-refractivity contribution < 1.29 is 14.9 Å². The van der Waals surface area contributed by atoms with Crippen LogP contribution in [0.15, 0.2) is 0 Å². The lowest BCUT2D eigenvalue weighted by Crippen LogP contribution is -2.15. The summed E-state index contributed by atoms with van der Waals surface area (Å²) in [5.74, 6) is 0. The molecule has 0 heterocycles. The summed E-state index contributed by atoms with van der Waals surface area (Å²) in [7, 11) is 0. The van der Waals surface area contributed by atoms with Crippen LogP contribution in [-0.4, -0.2) is 36.1 Å². The molecule has 0 fully saturated rings. The first-order valence-corrected chi connectivity index (χ1v) is 4.68. The molecule has 0 saturated carbocycles. The number of aliphatic hydroxyl groups is 2. The molecule has 0 spiro atoms. The first-order valence-electron chi connectivity index (χ1n) is 4.68. The Labute approximate surface area is 74.4 Å². The van der Waals surface area contributed by atoms with Crippen LogP contribution < -0.4 is 0 Å². The summed E-state index contributed by atoms with van der Waals surface area (Å²) >= 11 is 0. The third kappa shape index (κ3) is 7.98. The van der Waals surface area contributed by atoms with Crippen molar-refractivity contribution in [3.63, 3.8) is 0 Å². The van der Waals surface area contributed by atoms with Crippen molar-refractivity contribution in [2.45, 2.75) is 38.7 Å². The Kier molecular flexibility index (Phi) is 8.88. The topological polar surface area (TPSA) is 49.7 Å². The molecule has 0 saturated heterocycles. The first kappa shape index (κ1) is 11.9. The molecule has 0 amide bonds. The van der Waals surface area contributed by atoms with E-state index in [1.54, 1.807) is 0 Å². The van der Waals surface area contributed by atoms with Gasteiger partial charge in [0.05, 0.1) is 12.7 Å². The minimum atomic E-state index is -0.330. The van der Waals surface area contributed by atoms with Gasteiger partial charge in [0, 0.05) is 13.2 Å². The smallest absolute Gasteiger partial charge is 0.0773 e. The average Bonchev–Trinajstić information content (AvgIpc) is 2.09. The molecule has 0 bridgehead atoms. The zero-order chi connectivity index (χ0) is 9.23. The zero-order valence-corrected chi connectivity index (χ0v) is 7.83. The highest BCUT2D eigenvalue weighted by Gasteiger charge is 2.02. The third-order valence-corrected chi connectivity index (χ3v) is 1.65. The normalized spacial score (nSPS) is 13.2. The second-order valence-corrected chi connectivity index (χ2v) is 2.95. The maximum absolute atomic E-state index is 9.29. The van der Waals surface area contributed by atoms with Gasteiger partial charge < -0.3 is 14.9 Å². The molecule has 0 aliphatic carbocycles. The summed E-state index contributed by atoms with van der Waals surface area (Å²) in [5.41, 5.74) is 0. The van der Waals surface area contributed by atoms with E-state index in [2.05, 4.69) is 6.92 Å². The van der Waals surface area contributed by atoms with Gasteiger partial charge in [-0.15, -0.1) is 0 Å². The van der Waals surface area contributed by atoms with E-state index in [1.165, 1.54) is 0 Å². The molecule has 1 atom stereocenters. The molecule has 0 aromatic heterocycles. The molecule has 0 radical (unpaired) electrons. The molecule has 0 rings (SSSR count). The van der Waals surface area contributed by atoms with E-state index < -0.39 is 0 Å². The Bertz CT molecular complexity index is 85.8. The molecule has 2 N–H and O–H groups in total. The van der Waals surface area contributed by atoms with E-state index in [1.807, 2.05) is 0 Å². The van der Waals surface area contributed by atoms with Crippen LogP contribution in [0.4, 0.5) is 0 Å². The molecule has 0 aliphatic heterocycles. The number of unbranched alkanes of at least 4 members (excludes halogenated alkanes) is 1. The predicted molar refractivity (Wildman–Crippen MR) is 48.1 cm³/mol. The molecule has 0 aromatic rings. The summed E-state index contributed by atoms with van der Waals surface area (Å²) in [4.78, 5) is 0. The van der Waals surface area contributed by atoms with Gasteiger partial charge >= 0.3 is 0 Å². The molecular weight excluding hydrogens is 156 g/mol. The van der Waals surface area contributed by atoms with Gasteiger partial charge in [-0.3, -0.25) is 0 Å². The van der Waals surface area contributed by atoms with Crippen LogP contribution in [0, 0.1) is 0 Å². The fourth-order valence-corrected chi connectivity index (χ4v) is 0.909. The molecule has 74 valence electrons. The van der Waals surface area contributed by atoms with E-state index in [0.717, 1.165) is 19.3 Å². The van der Waals surface area contributed by atoms with Crippen molar-refractivity contribution in [1.29, 1.82) is 0 Å². The van der Waals surface area contributed by atoms with Crippen molar-refractivity contribution in [2.75, 3.05) is 19.8 Å². The molecule has 12 heavy (non-hydrogen) atoms. The summed E-state index contributed by atoms with van der Waals surface area (Å²) in [6, 6.07) is 0. The van der Waals surface area contributed by atoms with Gasteiger partial charge in [0.25, 0.3) is 0 Å². The van der Waals surface area contributed by atoms with Crippen molar-refractivity contribution in [3.05, 3.63) is 0 Å². The zero-order valence-electron chi connectivity index (χ0n) is 7.83. The highest BCUT2D eigenvalue weighted by Crippen LogP contribution is 2.00. The van der Waals surface area contributed by atoms with Crippen LogP contribution in [0.25, 0.3) is 0 Å². The van der Waals surface area contributed by atoms with Crippen LogP contribution in [-0.2, 0) is 4.74 Å². The number of rotatable bonds is 8. The Morgan fingerprint density at radius 1 is 1.33 bits per heavy atom. The summed E-state index contributed by atoms with van der Waals surface area (Å²) < 4.78 is 5.12. The van der Waals surface area contributed by atoms with Gasteiger partial charge in [-0.05, 0) is 12.8 Å². The van der Waals surface area contributed by atoms with Gasteiger partial charge in [0.1, 0.15) is 0 Å². The van der Waals surface area contributed by atoms with Gasteiger partial charge in [0.15, 0.2) is 0 Å². The number of ether oxygens (including phenoxy) is 1. The number of aliphatic hydroxyl groups excluding tert-OH is 2. The summed E-state index contributed by atoms with van der Waals surface area (Å²) in [6.45, 7) is 3.20. The number of hydrogen-bond acceptors (Lipinski definition) is 3. The summed E-state index contributed by atoms with van der Waals surface area (Å²) in [6.07, 6.45) is 3.29. The Morgan fingerprint density at radius 2 is 2.08 bits per heavy atom. The summed E-state index contributed by atoms with van der Waals surface area (Å²) in [5, 5.41) is 17.7. The lowest BCUT2D eigenvalue weighted by atomic mass is 10.2. The van der Waals surface area contributed by atoms with Crippen molar-refractivity contribution in [1.82, 2.24) is 0 Å². The average molecular weight is 176 g/mol. The minimum Gasteiger partial charge on any atom is -0.396 e. The van der Waals surface area contributed by atoms with E-state index >= 15 is 0 Å². The van der Waals surface area contributed by atoms with Crippen molar-refractivity contribution >= 4 is 0 Å². The van der Waals surface area contributed by atoms with E-state index in [9.17, 15) is 5.11 Å². The fraction of sp³-hybridized carbons (Fsp3) is 1.00. The standard InChI is InChI=1S/C9H20O3/c1-2-3-5-9(11)8-12-7-4-6-10/h9-11H,2-8H2,1H3. The third-order valence-electron chi connectivity index (χ3n) is 1.65. The second-order valence-electron chi connectivity index (χ2n) is 2.95. The van der Waals surface area contributed by atoms with Crippen LogP contribution >= 0.6 is 0 Å². The maximum atomic E-state index is 9.29. The van der Waals surface area contributed by atoms with Gasteiger partial charge in [-0.2, -0.15) is 0 Å². The molecule has 3 heteroatoms. The second kappa shape index (κ2) is 8.97. The molecule has 3 nitrogen and oxygen atoms in total. The molecule has 0 aromatic carbocycles. The Balaban J connectivity index is 3.02. The lowest BCUT2D eigenvalue weighted by Gasteiger charge is -2.09. The first-order chi connectivity index (χ1) is 5.81. The van der Waals surface area contributed by atoms with Gasteiger partial charge in [-0.1, -0.05) is 19.8 Å². The minimum absolute atomic E-state index is 0.158. The Hall–Kier alpha value is -0.120. The van der Waals surface area contributed by atoms with Crippen LogP contribution in [0.3, 0.4) is 0 Å². The molecular formula is C9H20O3. The van der Waals surface area contributed by atoms with Crippen LogP contribution in [0.5, 0.6) is 0 Å².